The van der Waals surface area contributed by atoms with Crippen LogP contribution in [0.2, 0.25) is 0 Å². The molecule has 1 unspecified atom stereocenters. The number of hydrogen-bond acceptors (Lipinski definition) is 4. The molecule has 0 bridgehead atoms. The van der Waals surface area contributed by atoms with Crippen LogP contribution in [0.5, 0.6) is 0 Å². The summed E-state index contributed by atoms with van der Waals surface area (Å²) >= 11 is 5.57. The minimum absolute atomic E-state index is 0.0291. The molecule has 3 rings (SSSR count). The number of ether oxygens (including phenoxy) is 1. The quantitative estimate of drug-likeness (QED) is 0.356. The van der Waals surface area contributed by atoms with Crippen LogP contribution in [0.25, 0.3) is 0 Å². The van der Waals surface area contributed by atoms with Crippen molar-refractivity contribution in [3.63, 3.8) is 0 Å². The highest BCUT2D eigenvalue weighted by atomic mass is 32.1. The maximum absolute atomic E-state index is 13.1. The second kappa shape index (κ2) is 11.2. The van der Waals surface area contributed by atoms with Crippen LogP contribution in [0.1, 0.15) is 76.0 Å². The Hall–Kier alpha value is -3.19. The minimum atomic E-state index is -0.436. The molecule has 6 nitrogen and oxygen atoms in total. The number of nitrogens with one attached hydrogen (secondary N) is 2. The number of esters is 1. The summed E-state index contributed by atoms with van der Waals surface area (Å²) < 4.78 is 5.58. The fourth-order valence-electron chi connectivity index (χ4n) is 4.08. The van der Waals surface area contributed by atoms with E-state index in [0.717, 1.165) is 11.3 Å². The van der Waals surface area contributed by atoms with Crippen LogP contribution in [-0.4, -0.2) is 35.0 Å². The van der Waals surface area contributed by atoms with E-state index in [-0.39, 0.29) is 23.2 Å². The molecule has 36 heavy (non-hydrogen) atoms. The fraction of sp³-hybridized carbons (Fsp3) is 0.414. The molecule has 1 atom stereocenters. The number of rotatable bonds is 7. The number of allylic oxidation sites excluding steroid dienone is 1. The van der Waals surface area contributed by atoms with Crippen molar-refractivity contribution in [2.45, 2.75) is 59.9 Å². The molecule has 0 saturated carbocycles. The molecular formula is C29H37N3O3S. The second-order valence-electron chi connectivity index (χ2n) is 10.5. The molecule has 1 aliphatic heterocycles. The van der Waals surface area contributed by atoms with Crippen molar-refractivity contribution in [2.24, 2.45) is 5.92 Å². The summed E-state index contributed by atoms with van der Waals surface area (Å²) in [5, 5.41) is 6.81. The number of amides is 1. The Balaban J connectivity index is 1.81. The van der Waals surface area contributed by atoms with Gasteiger partial charge in [0.2, 0.25) is 0 Å². The lowest BCUT2D eigenvalue weighted by molar-refractivity contribution is -0.140. The van der Waals surface area contributed by atoms with Crippen molar-refractivity contribution in [3.05, 3.63) is 76.5 Å². The molecule has 0 spiro atoms. The van der Waals surface area contributed by atoms with E-state index < -0.39 is 6.04 Å². The average molecular weight is 508 g/mol. The number of anilines is 1. The van der Waals surface area contributed by atoms with E-state index in [1.54, 1.807) is 0 Å². The second-order valence-corrected chi connectivity index (χ2v) is 10.9. The molecule has 0 aliphatic carbocycles. The van der Waals surface area contributed by atoms with Gasteiger partial charge in [-0.2, -0.15) is 0 Å². The lowest BCUT2D eigenvalue weighted by Crippen LogP contribution is -2.47. The van der Waals surface area contributed by atoms with Gasteiger partial charge in [0, 0.05) is 23.5 Å². The molecular weight excluding hydrogens is 470 g/mol. The SMILES string of the molecule is CCN1C(=S)NC(c2ccc(NC(=O)c3ccc(C(C)(C)C)cc3)cc2)C(C(=O)OCC(C)C)=C1C. The largest absolute Gasteiger partial charge is 0.462 e. The van der Waals surface area contributed by atoms with Gasteiger partial charge in [-0.15, -0.1) is 0 Å². The van der Waals surface area contributed by atoms with E-state index in [2.05, 4.69) is 31.4 Å². The van der Waals surface area contributed by atoms with Gasteiger partial charge in [0.1, 0.15) is 0 Å². The van der Waals surface area contributed by atoms with Crippen LogP contribution >= 0.6 is 12.2 Å². The summed E-state index contributed by atoms with van der Waals surface area (Å²) in [7, 11) is 0. The van der Waals surface area contributed by atoms with Crippen molar-refractivity contribution in [3.8, 4) is 0 Å². The van der Waals surface area contributed by atoms with Crippen molar-refractivity contribution in [1.29, 1.82) is 0 Å². The molecule has 1 heterocycles. The summed E-state index contributed by atoms with van der Waals surface area (Å²) in [5.41, 5.74) is 4.66. The highest BCUT2D eigenvalue weighted by Gasteiger charge is 2.34. The van der Waals surface area contributed by atoms with Gasteiger partial charge in [-0.25, -0.2) is 4.79 Å². The third-order valence-electron chi connectivity index (χ3n) is 6.20. The van der Waals surface area contributed by atoms with Gasteiger partial charge in [0.05, 0.1) is 18.2 Å². The Labute approximate surface area is 220 Å². The summed E-state index contributed by atoms with van der Waals surface area (Å²) in [4.78, 5) is 27.7. The molecule has 1 amide bonds. The molecule has 192 valence electrons. The number of hydrogen-bond donors (Lipinski definition) is 2. The van der Waals surface area contributed by atoms with E-state index in [9.17, 15) is 9.59 Å². The zero-order valence-corrected chi connectivity index (χ0v) is 23.1. The monoisotopic (exact) mass is 507 g/mol. The highest BCUT2D eigenvalue weighted by molar-refractivity contribution is 7.80. The van der Waals surface area contributed by atoms with Crippen LogP contribution in [0.15, 0.2) is 59.8 Å². The van der Waals surface area contributed by atoms with Gasteiger partial charge in [0.25, 0.3) is 5.91 Å². The topological polar surface area (TPSA) is 70.7 Å². The standard InChI is InChI=1S/C29H37N3O3S/c1-8-32-19(4)24(27(34)35-17-18(2)3)25(31-28(32)36)20-11-15-23(16-12-20)30-26(33)21-9-13-22(14-10-21)29(5,6)7/h9-16,18,25H,8,17H2,1-7H3,(H,30,33)(H,31,36). The highest BCUT2D eigenvalue weighted by Crippen LogP contribution is 2.32. The van der Waals surface area contributed by atoms with Gasteiger partial charge in [-0.3, -0.25) is 4.79 Å². The molecule has 2 aromatic carbocycles. The van der Waals surface area contributed by atoms with Crippen LogP contribution in [0.3, 0.4) is 0 Å². The first kappa shape index (κ1) is 27.4. The smallest absolute Gasteiger partial charge is 0.338 e. The Morgan fingerprint density at radius 2 is 1.69 bits per heavy atom. The maximum atomic E-state index is 13.1. The van der Waals surface area contributed by atoms with Gasteiger partial charge >= 0.3 is 5.97 Å². The Morgan fingerprint density at radius 3 is 2.22 bits per heavy atom. The van der Waals surface area contributed by atoms with Crippen LogP contribution in [0, 0.1) is 5.92 Å². The van der Waals surface area contributed by atoms with E-state index in [4.69, 9.17) is 17.0 Å². The molecule has 0 radical (unpaired) electrons. The zero-order chi connectivity index (χ0) is 26.6. The van der Waals surface area contributed by atoms with Crippen molar-refractivity contribution >= 4 is 34.9 Å². The van der Waals surface area contributed by atoms with E-state index in [1.807, 2.05) is 81.1 Å². The predicted molar refractivity (Wildman–Crippen MR) is 149 cm³/mol. The van der Waals surface area contributed by atoms with Crippen LogP contribution < -0.4 is 10.6 Å². The molecule has 0 aromatic heterocycles. The number of benzene rings is 2. The molecule has 0 fully saturated rings. The van der Waals surface area contributed by atoms with Crippen molar-refractivity contribution in [2.75, 3.05) is 18.5 Å². The molecule has 7 heteroatoms. The Bertz CT molecular complexity index is 1150. The number of nitrogens with zero attached hydrogens (tertiary/aromatic N) is 1. The van der Waals surface area contributed by atoms with Gasteiger partial charge in [0.15, 0.2) is 5.11 Å². The van der Waals surface area contributed by atoms with E-state index >= 15 is 0 Å². The van der Waals surface area contributed by atoms with Crippen molar-refractivity contribution in [1.82, 2.24) is 10.2 Å². The third-order valence-corrected chi connectivity index (χ3v) is 6.53. The Morgan fingerprint density at radius 1 is 1.08 bits per heavy atom. The first-order valence-electron chi connectivity index (χ1n) is 12.4. The number of carbonyl (C=O) groups is 2. The molecule has 1 aliphatic rings. The zero-order valence-electron chi connectivity index (χ0n) is 22.3. The fourth-order valence-corrected chi connectivity index (χ4v) is 4.46. The normalized spacial score (nSPS) is 16.2. The van der Waals surface area contributed by atoms with Gasteiger partial charge < -0.3 is 20.3 Å². The van der Waals surface area contributed by atoms with E-state index in [1.165, 1.54) is 5.56 Å². The van der Waals surface area contributed by atoms with Gasteiger partial charge in [-0.1, -0.05) is 58.9 Å². The first-order valence-corrected chi connectivity index (χ1v) is 12.8. The lowest BCUT2D eigenvalue weighted by atomic mass is 9.87. The van der Waals surface area contributed by atoms with Crippen molar-refractivity contribution < 1.29 is 14.3 Å². The summed E-state index contributed by atoms with van der Waals surface area (Å²) in [5.74, 6) is -0.288. The minimum Gasteiger partial charge on any atom is -0.462 e. The summed E-state index contributed by atoms with van der Waals surface area (Å²) in [6.07, 6.45) is 0. The molecule has 0 saturated heterocycles. The third kappa shape index (κ3) is 6.32. The Kier molecular flexibility index (Phi) is 8.56. The maximum Gasteiger partial charge on any atom is 0.338 e. The van der Waals surface area contributed by atoms with Gasteiger partial charge in [-0.05, 0) is 72.8 Å². The van der Waals surface area contributed by atoms with Crippen LogP contribution in [-0.2, 0) is 14.9 Å². The van der Waals surface area contributed by atoms with Crippen LogP contribution in [0.4, 0.5) is 5.69 Å². The number of carbonyl (C=O) groups excluding carboxylic acids is 2. The molecule has 2 aromatic rings. The predicted octanol–water partition coefficient (Wildman–Crippen LogP) is 5.96. The first-order chi connectivity index (χ1) is 16.9. The molecule has 2 N–H and O–H groups in total. The summed E-state index contributed by atoms with van der Waals surface area (Å²) in [6.45, 7) is 15.3. The van der Waals surface area contributed by atoms with E-state index in [0.29, 0.717) is 35.1 Å². The lowest BCUT2D eigenvalue weighted by Gasteiger charge is -2.37. The summed E-state index contributed by atoms with van der Waals surface area (Å²) in [6, 6.07) is 14.7. The average Bonchev–Trinajstić information content (AvgIpc) is 2.82. The number of thiocarbonyl (C=S) groups is 1.